The molecule has 0 spiro atoms. The molecule has 0 radical (unpaired) electrons. The van der Waals surface area contributed by atoms with E-state index in [2.05, 4.69) is 0 Å². The fraction of sp³-hybridized carbons (Fsp3) is 0.667. The topological polar surface area (TPSA) is 66.8 Å². The minimum Gasteiger partial charge on any atom is -0.503 e. The summed E-state index contributed by atoms with van der Waals surface area (Å²) >= 11 is 0. The highest BCUT2D eigenvalue weighted by atomic mass is 16.5. The Hall–Kier alpha value is -1.52. The van der Waals surface area contributed by atoms with Gasteiger partial charge in [0.25, 0.3) is 5.91 Å². The molecule has 1 amide bonds. The Morgan fingerprint density at radius 3 is 2.76 bits per heavy atom. The number of amides is 1. The van der Waals surface area contributed by atoms with Crippen molar-refractivity contribution in [2.24, 2.45) is 5.92 Å². The maximum absolute atomic E-state index is 11.7. The van der Waals surface area contributed by atoms with Crippen LogP contribution in [-0.2, 0) is 14.3 Å². The molecule has 0 aromatic rings. The molecular formula is C12H17NO4. The first kappa shape index (κ1) is 12.0. The van der Waals surface area contributed by atoms with Crippen molar-refractivity contribution in [3.8, 4) is 0 Å². The first-order valence-corrected chi connectivity index (χ1v) is 6.02. The van der Waals surface area contributed by atoms with Crippen molar-refractivity contribution in [2.45, 2.75) is 26.2 Å². The number of carbonyl (C=O) groups is 2. The van der Waals surface area contributed by atoms with Crippen LogP contribution in [0, 0.1) is 5.92 Å². The van der Waals surface area contributed by atoms with Gasteiger partial charge in [-0.2, -0.15) is 0 Å². The lowest BCUT2D eigenvalue weighted by molar-refractivity contribution is -0.138. The molecule has 17 heavy (non-hydrogen) atoms. The molecule has 94 valence electrons. The Kier molecular flexibility index (Phi) is 3.36. The molecule has 1 saturated carbocycles. The number of ether oxygens (including phenoxy) is 1. The van der Waals surface area contributed by atoms with Crippen LogP contribution in [0.5, 0.6) is 0 Å². The van der Waals surface area contributed by atoms with E-state index < -0.39 is 17.6 Å². The third-order valence-electron chi connectivity index (χ3n) is 3.35. The van der Waals surface area contributed by atoms with Gasteiger partial charge in [-0.25, -0.2) is 4.79 Å². The lowest BCUT2D eigenvalue weighted by Crippen LogP contribution is -2.35. The maximum Gasteiger partial charge on any atom is 0.339 e. The zero-order valence-corrected chi connectivity index (χ0v) is 9.94. The van der Waals surface area contributed by atoms with Gasteiger partial charge in [0.1, 0.15) is 5.57 Å². The smallest absolute Gasteiger partial charge is 0.339 e. The van der Waals surface area contributed by atoms with Gasteiger partial charge >= 0.3 is 5.97 Å². The van der Waals surface area contributed by atoms with E-state index in [4.69, 9.17) is 4.74 Å². The maximum atomic E-state index is 11.7. The highest BCUT2D eigenvalue weighted by Gasteiger charge is 2.36. The van der Waals surface area contributed by atoms with Gasteiger partial charge in [-0.3, -0.25) is 4.79 Å². The Bertz CT molecular complexity index is 371. The van der Waals surface area contributed by atoms with Crippen LogP contribution >= 0.6 is 0 Å². The molecule has 0 aromatic carbocycles. The number of carbonyl (C=O) groups excluding carboxylic acids is 2. The molecular weight excluding hydrogens is 222 g/mol. The Morgan fingerprint density at radius 1 is 1.53 bits per heavy atom. The quantitative estimate of drug-likeness (QED) is 0.743. The molecule has 1 N–H and O–H groups in total. The minimum absolute atomic E-state index is 0.0937. The molecule has 0 unspecified atom stereocenters. The fourth-order valence-corrected chi connectivity index (χ4v) is 2.13. The van der Waals surface area contributed by atoms with Gasteiger partial charge in [-0.05, 0) is 25.7 Å². The van der Waals surface area contributed by atoms with Gasteiger partial charge < -0.3 is 14.7 Å². The predicted molar refractivity (Wildman–Crippen MR) is 60.2 cm³/mol. The normalized spacial score (nSPS) is 20.8. The SMILES string of the molecule is CCOC(=O)C1=C(O)C(=O)N(CC2CCC2)C1. The minimum atomic E-state index is -0.588. The van der Waals surface area contributed by atoms with Crippen LogP contribution < -0.4 is 0 Å². The van der Waals surface area contributed by atoms with E-state index in [1.54, 1.807) is 6.92 Å². The number of nitrogens with zero attached hydrogens (tertiary/aromatic N) is 1. The van der Waals surface area contributed by atoms with E-state index in [0.717, 1.165) is 12.8 Å². The Morgan fingerprint density at radius 2 is 2.24 bits per heavy atom. The van der Waals surface area contributed by atoms with Gasteiger partial charge in [0.05, 0.1) is 13.2 Å². The van der Waals surface area contributed by atoms with Gasteiger partial charge in [-0.1, -0.05) is 6.42 Å². The number of rotatable bonds is 4. The van der Waals surface area contributed by atoms with Gasteiger partial charge in [-0.15, -0.1) is 0 Å². The molecule has 0 aromatic heterocycles. The van der Waals surface area contributed by atoms with Crippen molar-refractivity contribution in [2.75, 3.05) is 19.7 Å². The molecule has 0 saturated heterocycles. The molecule has 2 aliphatic rings. The molecule has 5 heteroatoms. The van der Waals surface area contributed by atoms with Crippen molar-refractivity contribution in [1.29, 1.82) is 0 Å². The van der Waals surface area contributed by atoms with Crippen molar-refractivity contribution in [1.82, 2.24) is 4.90 Å². The Balaban J connectivity index is 1.99. The van der Waals surface area contributed by atoms with Crippen LogP contribution in [0.25, 0.3) is 0 Å². The van der Waals surface area contributed by atoms with Crippen LogP contribution in [0.1, 0.15) is 26.2 Å². The zero-order chi connectivity index (χ0) is 12.4. The second kappa shape index (κ2) is 4.77. The number of esters is 1. The molecule has 1 aliphatic heterocycles. The van der Waals surface area contributed by atoms with E-state index in [9.17, 15) is 14.7 Å². The van der Waals surface area contributed by atoms with Crippen LogP contribution in [0.2, 0.25) is 0 Å². The van der Waals surface area contributed by atoms with Gasteiger partial charge in [0, 0.05) is 6.54 Å². The summed E-state index contributed by atoms with van der Waals surface area (Å²) in [6.45, 7) is 2.75. The summed E-state index contributed by atoms with van der Waals surface area (Å²) < 4.78 is 4.80. The molecule has 2 rings (SSSR count). The van der Waals surface area contributed by atoms with E-state index >= 15 is 0 Å². The average molecular weight is 239 g/mol. The lowest BCUT2D eigenvalue weighted by Gasteiger charge is -2.29. The summed E-state index contributed by atoms with van der Waals surface area (Å²) in [5, 5.41) is 9.62. The monoisotopic (exact) mass is 239 g/mol. The first-order valence-electron chi connectivity index (χ1n) is 6.02. The summed E-state index contributed by atoms with van der Waals surface area (Å²) in [5.74, 6) is -0.953. The molecule has 1 aliphatic carbocycles. The third-order valence-corrected chi connectivity index (χ3v) is 3.35. The summed E-state index contributed by atoms with van der Waals surface area (Å²) in [5.41, 5.74) is 0.0937. The van der Waals surface area contributed by atoms with Crippen molar-refractivity contribution in [3.63, 3.8) is 0 Å². The van der Waals surface area contributed by atoms with Gasteiger partial charge in [0.15, 0.2) is 5.76 Å². The first-order chi connectivity index (χ1) is 8.13. The molecule has 0 bridgehead atoms. The fourth-order valence-electron chi connectivity index (χ4n) is 2.13. The number of aliphatic hydroxyl groups is 1. The van der Waals surface area contributed by atoms with Crippen molar-refractivity contribution < 1.29 is 19.4 Å². The number of hydrogen-bond donors (Lipinski definition) is 1. The summed E-state index contributed by atoms with van der Waals surface area (Å²) in [6, 6.07) is 0. The second-order valence-corrected chi connectivity index (χ2v) is 4.53. The molecule has 5 nitrogen and oxygen atoms in total. The number of aliphatic hydroxyl groups excluding tert-OH is 1. The van der Waals surface area contributed by atoms with Gasteiger partial charge in [0.2, 0.25) is 0 Å². The predicted octanol–water partition coefficient (Wildman–Crippen LogP) is 1.00. The van der Waals surface area contributed by atoms with E-state index in [0.29, 0.717) is 12.5 Å². The Labute approximate surface area is 100 Å². The summed E-state index contributed by atoms with van der Waals surface area (Å²) in [7, 11) is 0. The largest absolute Gasteiger partial charge is 0.503 e. The van der Waals surface area contributed by atoms with E-state index in [1.165, 1.54) is 11.3 Å². The van der Waals surface area contributed by atoms with Crippen molar-refractivity contribution in [3.05, 3.63) is 11.3 Å². The number of hydrogen-bond acceptors (Lipinski definition) is 4. The van der Waals surface area contributed by atoms with Crippen LogP contribution in [-0.4, -0.2) is 41.6 Å². The lowest BCUT2D eigenvalue weighted by atomic mass is 9.85. The van der Waals surface area contributed by atoms with E-state index in [1.807, 2.05) is 0 Å². The standard InChI is InChI=1S/C12H17NO4/c1-2-17-12(16)9-7-13(11(15)10(9)14)6-8-4-3-5-8/h8,14H,2-7H2,1H3. The highest BCUT2D eigenvalue weighted by Crippen LogP contribution is 2.29. The van der Waals surface area contributed by atoms with Crippen LogP contribution in [0.4, 0.5) is 0 Å². The molecule has 1 fully saturated rings. The third kappa shape index (κ3) is 2.28. The summed E-state index contributed by atoms with van der Waals surface area (Å²) in [6.07, 6.45) is 3.45. The molecule has 1 heterocycles. The highest BCUT2D eigenvalue weighted by molar-refractivity contribution is 6.05. The van der Waals surface area contributed by atoms with E-state index in [-0.39, 0.29) is 18.7 Å². The van der Waals surface area contributed by atoms with Crippen LogP contribution in [0.15, 0.2) is 11.3 Å². The van der Waals surface area contributed by atoms with Crippen molar-refractivity contribution >= 4 is 11.9 Å². The second-order valence-electron chi connectivity index (χ2n) is 4.53. The molecule has 0 atom stereocenters. The average Bonchev–Trinajstić information content (AvgIpc) is 2.51. The van der Waals surface area contributed by atoms with Crippen LogP contribution in [0.3, 0.4) is 0 Å². The summed E-state index contributed by atoms with van der Waals surface area (Å²) in [4.78, 5) is 24.7. The zero-order valence-electron chi connectivity index (χ0n) is 9.94.